The molecular weight excluding hydrogens is 368 g/mol. The van der Waals surface area contributed by atoms with E-state index >= 15 is 0 Å². The van der Waals surface area contributed by atoms with Crippen LogP contribution in [0.25, 0.3) is 10.2 Å². The first-order valence-electron chi connectivity index (χ1n) is 8.68. The first kappa shape index (κ1) is 19.4. The molecule has 7 heteroatoms. The predicted molar refractivity (Wildman–Crippen MR) is 105 cm³/mol. The number of para-hydroxylation sites is 1. The Morgan fingerprint density at radius 2 is 1.81 bits per heavy atom. The van der Waals surface area contributed by atoms with E-state index in [9.17, 15) is 13.6 Å². The molecule has 0 aliphatic carbocycles. The number of aromatic nitrogens is 1. The lowest BCUT2D eigenvalue weighted by Crippen LogP contribution is -2.34. The minimum Gasteiger partial charge on any atom is -0.309 e. The maximum Gasteiger partial charge on any atom is 0.233 e. The molecule has 142 valence electrons. The number of benzene rings is 2. The third-order valence-corrected chi connectivity index (χ3v) is 5.19. The van der Waals surface area contributed by atoms with E-state index in [-0.39, 0.29) is 23.7 Å². The highest BCUT2D eigenvalue weighted by Gasteiger charge is 2.21. The van der Waals surface area contributed by atoms with E-state index in [2.05, 4.69) is 4.98 Å². The third-order valence-electron chi connectivity index (χ3n) is 4.15. The standard InChI is InChI=1S/C20H21F2N3OS/c1-24(2)11-4-12-25(18(26)13-14-7-9-15(21)10-8-14)20-23-19-16(22)5-3-6-17(19)27-20/h3,5-10H,4,11-13H2,1-2H3. The first-order valence-corrected chi connectivity index (χ1v) is 9.50. The van der Waals surface area contributed by atoms with Crippen molar-refractivity contribution in [2.75, 3.05) is 32.1 Å². The van der Waals surface area contributed by atoms with Crippen molar-refractivity contribution in [2.45, 2.75) is 12.8 Å². The summed E-state index contributed by atoms with van der Waals surface area (Å²) in [6.45, 7) is 1.30. The van der Waals surface area contributed by atoms with Gasteiger partial charge in [-0.15, -0.1) is 0 Å². The van der Waals surface area contributed by atoms with Gasteiger partial charge in [0.1, 0.15) is 17.2 Å². The summed E-state index contributed by atoms with van der Waals surface area (Å²) in [5.74, 6) is -0.871. The van der Waals surface area contributed by atoms with Gasteiger partial charge in [-0.2, -0.15) is 0 Å². The molecule has 3 rings (SSSR count). The molecule has 2 aromatic carbocycles. The van der Waals surface area contributed by atoms with Crippen LogP contribution in [0.15, 0.2) is 42.5 Å². The Bertz CT molecular complexity index is 925. The van der Waals surface area contributed by atoms with Gasteiger partial charge in [-0.3, -0.25) is 9.69 Å². The normalized spacial score (nSPS) is 11.3. The molecule has 27 heavy (non-hydrogen) atoms. The Morgan fingerprint density at radius 3 is 2.48 bits per heavy atom. The summed E-state index contributed by atoms with van der Waals surface area (Å²) in [6, 6.07) is 10.7. The number of hydrogen-bond acceptors (Lipinski definition) is 4. The molecule has 1 amide bonds. The van der Waals surface area contributed by atoms with Crippen LogP contribution in [0.4, 0.5) is 13.9 Å². The Hall–Kier alpha value is -2.38. The van der Waals surface area contributed by atoms with Crippen LogP contribution in [-0.2, 0) is 11.2 Å². The molecule has 4 nitrogen and oxygen atoms in total. The van der Waals surface area contributed by atoms with E-state index in [1.807, 2.05) is 19.0 Å². The van der Waals surface area contributed by atoms with E-state index in [1.54, 1.807) is 29.2 Å². The van der Waals surface area contributed by atoms with Gasteiger partial charge in [0.25, 0.3) is 0 Å². The van der Waals surface area contributed by atoms with Crippen LogP contribution < -0.4 is 4.90 Å². The summed E-state index contributed by atoms with van der Waals surface area (Å²) in [7, 11) is 3.94. The number of rotatable bonds is 7. The summed E-state index contributed by atoms with van der Waals surface area (Å²) in [5.41, 5.74) is 1.01. The molecule has 0 radical (unpaired) electrons. The second-order valence-electron chi connectivity index (χ2n) is 6.59. The number of nitrogens with zero attached hydrogens (tertiary/aromatic N) is 3. The maximum atomic E-state index is 14.0. The van der Waals surface area contributed by atoms with Crippen LogP contribution in [-0.4, -0.2) is 43.0 Å². The topological polar surface area (TPSA) is 36.4 Å². The number of carbonyl (C=O) groups is 1. The molecule has 0 atom stereocenters. The zero-order valence-electron chi connectivity index (χ0n) is 15.3. The van der Waals surface area contributed by atoms with Gasteiger partial charge in [0, 0.05) is 6.54 Å². The van der Waals surface area contributed by atoms with Crippen LogP contribution in [0.1, 0.15) is 12.0 Å². The van der Waals surface area contributed by atoms with Gasteiger partial charge in [-0.1, -0.05) is 29.5 Å². The minimum absolute atomic E-state index is 0.139. The SMILES string of the molecule is CN(C)CCCN(C(=O)Cc1ccc(F)cc1)c1nc2c(F)cccc2s1. The van der Waals surface area contributed by atoms with Crippen molar-refractivity contribution in [1.29, 1.82) is 0 Å². The first-order chi connectivity index (χ1) is 12.9. The number of thiazole rings is 1. The highest BCUT2D eigenvalue weighted by atomic mass is 32.1. The molecule has 0 saturated heterocycles. The average molecular weight is 389 g/mol. The van der Waals surface area contributed by atoms with Gasteiger partial charge < -0.3 is 4.90 Å². The molecule has 1 heterocycles. The zero-order chi connectivity index (χ0) is 19.4. The molecule has 3 aromatic rings. The van der Waals surface area contributed by atoms with E-state index in [0.29, 0.717) is 16.4 Å². The second-order valence-corrected chi connectivity index (χ2v) is 7.60. The van der Waals surface area contributed by atoms with Crippen LogP contribution in [0.2, 0.25) is 0 Å². The fourth-order valence-electron chi connectivity index (χ4n) is 2.76. The van der Waals surface area contributed by atoms with Crippen LogP contribution >= 0.6 is 11.3 Å². The third kappa shape index (κ3) is 4.87. The quantitative estimate of drug-likeness (QED) is 0.610. The summed E-state index contributed by atoms with van der Waals surface area (Å²) < 4.78 is 27.8. The molecule has 0 aliphatic heterocycles. The Balaban J connectivity index is 1.85. The molecule has 0 spiro atoms. The number of fused-ring (bicyclic) bond motifs is 1. The predicted octanol–water partition coefficient (Wildman–Crippen LogP) is 4.10. The molecular formula is C20H21F2N3OS. The molecule has 1 aromatic heterocycles. The number of hydrogen-bond donors (Lipinski definition) is 0. The van der Waals surface area contributed by atoms with Crippen molar-refractivity contribution in [2.24, 2.45) is 0 Å². The number of halogens is 2. The summed E-state index contributed by atoms with van der Waals surface area (Å²) in [5, 5.41) is 0.487. The van der Waals surface area contributed by atoms with Crippen molar-refractivity contribution in [3.63, 3.8) is 0 Å². The van der Waals surface area contributed by atoms with E-state index < -0.39 is 5.82 Å². The van der Waals surface area contributed by atoms with Gasteiger partial charge in [-0.05, 0) is 56.9 Å². The highest BCUT2D eigenvalue weighted by Crippen LogP contribution is 2.30. The van der Waals surface area contributed by atoms with Crippen molar-refractivity contribution in [3.05, 3.63) is 59.7 Å². The van der Waals surface area contributed by atoms with Crippen LogP contribution in [0.3, 0.4) is 0 Å². The van der Waals surface area contributed by atoms with Gasteiger partial charge in [0.2, 0.25) is 5.91 Å². The monoisotopic (exact) mass is 389 g/mol. The fraction of sp³-hybridized carbons (Fsp3) is 0.300. The minimum atomic E-state index is -0.394. The number of carbonyl (C=O) groups excluding carboxylic acids is 1. The smallest absolute Gasteiger partial charge is 0.233 e. The maximum absolute atomic E-state index is 14.0. The van der Waals surface area contributed by atoms with E-state index in [0.717, 1.165) is 18.5 Å². The zero-order valence-corrected chi connectivity index (χ0v) is 16.1. The van der Waals surface area contributed by atoms with Crippen LogP contribution in [0.5, 0.6) is 0 Å². The molecule has 0 N–H and O–H groups in total. The summed E-state index contributed by atoms with van der Waals surface area (Å²) >= 11 is 1.30. The van der Waals surface area contributed by atoms with Gasteiger partial charge in [0.05, 0.1) is 11.1 Å². The lowest BCUT2D eigenvalue weighted by atomic mass is 10.1. The van der Waals surface area contributed by atoms with Gasteiger partial charge in [-0.25, -0.2) is 13.8 Å². The molecule has 0 fully saturated rings. The van der Waals surface area contributed by atoms with Crippen molar-refractivity contribution >= 4 is 32.6 Å². The number of amides is 1. The van der Waals surface area contributed by atoms with Gasteiger partial charge in [0.15, 0.2) is 5.13 Å². The van der Waals surface area contributed by atoms with E-state index in [1.165, 1.54) is 29.5 Å². The van der Waals surface area contributed by atoms with Crippen molar-refractivity contribution < 1.29 is 13.6 Å². The second kappa shape index (κ2) is 8.54. The Kier molecular flexibility index (Phi) is 6.13. The lowest BCUT2D eigenvalue weighted by Gasteiger charge is -2.21. The van der Waals surface area contributed by atoms with E-state index in [4.69, 9.17) is 0 Å². The van der Waals surface area contributed by atoms with Crippen LogP contribution in [0, 0.1) is 11.6 Å². The highest BCUT2D eigenvalue weighted by molar-refractivity contribution is 7.22. The largest absolute Gasteiger partial charge is 0.309 e. The molecule has 0 unspecified atom stereocenters. The summed E-state index contributed by atoms with van der Waals surface area (Å²) in [6.07, 6.45) is 0.904. The molecule has 0 aliphatic rings. The average Bonchev–Trinajstić information content (AvgIpc) is 3.05. The van der Waals surface area contributed by atoms with Gasteiger partial charge >= 0.3 is 0 Å². The Labute approximate surface area is 161 Å². The Morgan fingerprint density at radius 1 is 1.07 bits per heavy atom. The van der Waals surface area contributed by atoms with Crippen molar-refractivity contribution in [3.8, 4) is 0 Å². The molecule has 0 bridgehead atoms. The molecule has 0 saturated carbocycles. The number of anilines is 1. The van der Waals surface area contributed by atoms with Crippen molar-refractivity contribution in [1.82, 2.24) is 9.88 Å². The lowest BCUT2D eigenvalue weighted by molar-refractivity contribution is -0.118. The summed E-state index contributed by atoms with van der Waals surface area (Å²) in [4.78, 5) is 20.9. The fourth-order valence-corrected chi connectivity index (χ4v) is 3.79.